The van der Waals surface area contributed by atoms with Gasteiger partial charge in [-0.1, -0.05) is 11.6 Å². The van der Waals surface area contributed by atoms with E-state index in [-0.39, 0.29) is 38.0 Å². The third-order valence-electron chi connectivity index (χ3n) is 7.05. The molecular formula is C25H35ClN3O9PS. The topological polar surface area (TPSA) is 146 Å². The summed E-state index contributed by atoms with van der Waals surface area (Å²) in [6.07, 6.45) is 0.0406. The molecule has 0 spiro atoms. The Balaban J connectivity index is 1.77. The first-order chi connectivity index (χ1) is 18.9. The number of benzene rings is 1. The maximum Gasteiger partial charge on any atom is 0.418 e. The minimum Gasteiger partial charge on any atom is -0.449 e. The van der Waals surface area contributed by atoms with Crippen LogP contribution >= 0.6 is 19.2 Å². The standard InChI is InChI=1S/C25H35ClN3O9PS/c1-6-35-25(31)29-19-10-9-17(26)13-18(19)20(27-24(30)15(4)39(32,36-7-2)37-8-3)21(29)23-22(38-23)16-11-12-28(14-16)40(5,33)34/h9-10,13,15-16,22-23H,6-8,11-12,14H2,1-5H3,(H,27,30). The molecule has 12 nitrogen and oxygen atoms in total. The lowest BCUT2D eigenvalue weighted by Crippen LogP contribution is -2.28. The molecule has 3 heterocycles. The summed E-state index contributed by atoms with van der Waals surface area (Å²) in [6, 6.07) is 4.86. The zero-order valence-corrected chi connectivity index (χ0v) is 25.6. The first kappa shape index (κ1) is 31.0. The molecule has 1 aromatic heterocycles. The minimum absolute atomic E-state index is 0.0847. The predicted octanol–water partition coefficient (Wildman–Crippen LogP) is 4.61. The summed E-state index contributed by atoms with van der Waals surface area (Å²) in [6.45, 7) is 7.38. The van der Waals surface area contributed by atoms with E-state index in [9.17, 15) is 22.6 Å². The van der Waals surface area contributed by atoms with Crippen LogP contribution in [0.15, 0.2) is 18.2 Å². The number of ether oxygens (including phenoxy) is 2. The van der Waals surface area contributed by atoms with Gasteiger partial charge in [-0.05, 0) is 52.3 Å². The van der Waals surface area contributed by atoms with E-state index in [4.69, 9.17) is 30.1 Å². The number of sulfonamides is 1. The van der Waals surface area contributed by atoms with Crippen molar-refractivity contribution < 1.29 is 41.1 Å². The Bertz CT molecular complexity index is 1440. The van der Waals surface area contributed by atoms with Gasteiger partial charge in [-0.25, -0.2) is 22.1 Å². The summed E-state index contributed by atoms with van der Waals surface area (Å²) in [5, 5.41) is 3.66. The summed E-state index contributed by atoms with van der Waals surface area (Å²) >= 11 is 6.32. The van der Waals surface area contributed by atoms with Crippen LogP contribution in [0.3, 0.4) is 0 Å². The van der Waals surface area contributed by atoms with Gasteiger partial charge < -0.3 is 23.8 Å². The molecule has 1 aromatic carbocycles. The number of anilines is 1. The molecule has 1 amide bonds. The summed E-state index contributed by atoms with van der Waals surface area (Å²) in [4.78, 5) is 26.8. The molecule has 2 aromatic rings. The Hall–Kier alpha value is -1.99. The fourth-order valence-electron chi connectivity index (χ4n) is 5.09. The molecule has 0 bridgehead atoms. The summed E-state index contributed by atoms with van der Waals surface area (Å²) < 4.78 is 62.4. The summed E-state index contributed by atoms with van der Waals surface area (Å²) in [5.74, 6) is -0.758. The van der Waals surface area contributed by atoms with Crippen LogP contribution in [0.1, 0.15) is 45.9 Å². The fraction of sp³-hybridized carbons (Fsp3) is 0.600. The van der Waals surface area contributed by atoms with Gasteiger partial charge in [0.1, 0.15) is 11.8 Å². The molecule has 0 radical (unpaired) electrons. The van der Waals surface area contributed by atoms with Crippen LogP contribution in [0.4, 0.5) is 10.5 Å². The molecule has 4 unspecified atom stereocenters. The second-order valence-corrected chi connectivity index (χ2v) is 14.5. The highest BCUT2D eigenvalue weighted by atomic mass is 35.5. The second kappa shape index (κ2) is 12.1. The van der Waals surface area contributed by atoms with Crippen LogP contribution in [0.2, 0.25) is 5.02 Å². The van der Waals surface area contributed by atoms with Crippen LogP contribution in [0, 0.1) is 5.92 Å². The van der Waals surface area contributed by atoms with Gasteiger partial charge in [0.2, 0.25) is 15.9 Å². The second-order valence-electron chi connectivity index (χ2n) is 9.69. The van der Waals surface area contributed by atoms with Gasteiger partial charge in [-0.3, -0.25) is 9.36 Å². The quantitative estimate of drug-likeness (QED) is 0.281. The van der Waals surface area contributed by atoms with Gasteiger partial charge in [0.05, 0.1) is 49.1 Å². The zero-order chi connectivity index (χ0) is 29.4. The highest BCUT2D eigenvalue weighted by Gasteiger charge is 2.52. The molecule has 2 fully saturated rings. The highest BCUT2D eigenvalue weighted by Crippen LogP contribution is 2.54. The lowest BCUT2D eigenvalue weighted by molar-refractivity contribution is -0.116. The van der Waals surface area contributed by atoms with Crippen LogP contribution in [0.5, 0.6) is 0 Å². The molecule has 40 heavy (non-hydrogen) atoms. The van der Waals surface area contributed by atoms with Gasteiger partial charge in [0.25, 0.3) is 0 Å². The molecule has 2 aliphatic rings. The lowest BCUT2D eigenvalue weighted by Gasteiger charge is -2.22. The third-order valence-corrected chi connectivity index (χ3v) is 11.0. The maximum atomic E-state index is 13.5. The van der Waals surface area contributed by atoms with E-state index >= 15 is 0 Å². The molecule has 222 valence electrons. The smallest absolute Gasteiger partial charge is 0.418 e. The number of fused-ring (bicyclic) bond motifs is 1. The molecule has 0 aliphatic carbocycles. The average molecular weight is 620 g/mol. The minimum atomic E-state index is -3.80. The van der Waals surface area contributed by atoms with Crippen LogP contribution in [-0.2, 0) is 37.9 Å². The Kier molecular flexibility index (Phi) is 9.35. The van der Waals surface area contributed by atoms with Gasteiger partial charge in [0.15, 0.2) is 0 Å². The van der Waals surface area contributed by atoms with Crippen molar-refractivity contribution in [3.8, 4) is 0 Å². The van der Waals surface area contributed by atoms with Crippen molar-refractivity contribution in [2.24, 2.45) is 5.92 Å². The van der Waals surface area contributed by atoms with Gasteiger partial charge >= 0.3 is 13.7 Å². The number of hydrogen-bond acceptors (Lipinski definition) is 9. The van der Waals surface area contributed by atoms with Crippen molar-refractivity contribution >= 4 is 57.8 Å². The van der Waals surface area contributed by atoms with Crippen molar-refractivity contribution in [1.29, 1.82) is 0 Å². The van der Waals surface area contributed by atoms with Crippen molar-refractivity contribution in [2.75, 3.05) is 44.5 Å². The normalized spacial score (nSPS) is 22.4. The molecule has 2 saturated heterocycles. The molecule has 15 heteroatoms. The molecule has 4 rings (SSSR count). The number of epoxide rings is 1. The number of carbonyl (C=O) groups is 2. The van der Waals surface area contributed by atoms with E-state index in [2.05, 4.69) is 5.32 Å². The van der Waals surface area contributed by atoms with Gasteiger partial charge in [-0.2, -0.15) is 0 Å². The van der Waals surface area contributed by atoms with Gasteiger partial charge in [0, 0.05) is 29.4 Å². The molecule has 4 atom stereocenters. The SMILES string of the molecule is CCOC(=O)n1c(C2OC2C2CCN(S(C)(=O)=O)C2)c(NC(=O)C(C)P(=O)(OCC)OCC)c2cc(Cl)ccc21. The summed E-state index contributed by atoms with van der Waals surface area (Å²) in [7, 11) is -7.16. The number of nitrogens with zero attached hydrogens (tertiary/aromatic N) is 2. The van der Waals surface area contributed by atoms with Crippen molar-refractivity contribution in [1.82, 2.24) is 8.87 Å². The van der Waals surface area contributed by atoms with Gasteiger partial charge in [-0.15, -0.1) is 0 Å². The fourth-order valence-corrected chi connectivity index (χ4v) is 7.75. The number of rotatable bonds is 11. The highest BCUT2D eigenvalue weighted by molar-refractivity contribution is 7.88. The van der Waals surface area contributed by atoms with Crippen LogP contribution < -0.4 is 5.32 Å². The van der Waals surface area contributed by atoms with Crippen LogP contribution in [0.25, 0.3) is 10.9 Å². The molecule has 2 aliphatic heterocycles. The monoisotopic (exact) mass is 619 g/mol. The van der Waals surface area contributed by atoms with E-state index in [1.807, 2.05) is 0 Å². The zero-order valence-electron chi connectivity index (χ0n) is 23.1. The predicted molar refractivity (Wildman–Crippen MR) is 150 cm³/mol. The van der Waals surface area contributed by atoms with Crippen molar-refractivity contribution in [2.45, 2.75) is 52.0 Å². The van der Waals surface area contributed by atoms with E-state index in [0.717, 1.165) is 0 Å². The Morgan fingerprint density at radius 1 is 1.20 bits per heavy atom. The summed E-state index contributed by atoms with van der Waals surface area (Å²) in [5.41, 5.74) is -0.152. The molecule has 1 N–H and O–H groups in total. The molecular weight excluding hydrogens is 585 g/mol. The number of carbonyl (C=O) groups excluding carboxylic acids is 2. The van der Waals surface area contributed by atoms with Crippen molar-refractivity contribution in [3.63, 3.8) is 0 Å². The Morgan fingerprint density at radius 3 is 2.45 bits per heavy atom. The number of aromatic nitrogens is 1. The first-order valence-corrected chi connectivity index (χ1v) is 17.0. The lowest BCUT2D eigenvalue weighted by atomic mass is 10.0. The average Bonchev–Trinajstić information content (AvgIpc) is 3.36. The largest absolute Gasteiger partial charge is 0.449 e. The number of hydrogen-bond donors (Lipinski definition) is 1. The maximum absolute atomic E-state index is 13.5. The van der Waals surface area contributed by atoms with E-state index in [1.165, 1.54) is 22.1 Å². The van der Waals surface area contributed by atoms with Crippen molar-refractivity contribution in [3.05, 3.63) is 28.9 Å². The van der Waals surface area contributed by atoms with E-state index in [0.29, 0.717) is 34.6 Å². The van der Waals surface area contributed by atoms with E-state index in [1.54, 1.807) is 39.0 Å². The number of nitrogens with one attached hydrogen (secondary N) is 1. The number of halogens is 1. The number of amides is 1. The van der Waals surface area contributed by atoms with E-state index < -0.39 is 47.5 Å². The Labute approximate surface area is 238 Å². The Morgan fingerprint density at radius 2 is 1.88 bits per heavy atom. The third kappa shape index (κ3) is 6.11. The molecule has 0 saturated carbocycles. The first-order valence-electron chi connectivity index (χ1n) is 13.2. The van der Waals surface area contributed by atoms with Crippen LogP contribution in [-0.4, -0.2) is 80.2 Å².